The summed E-state index contributed by atoms with van der Waals surface area (Å²) in [6, 6.07) is 0. The van der Waals surface area contributed by atoms with E-state index in [2.05, 4.69) is 17.6 Å². The molecule has 2 aliphatic rings. The highest BCUT2D eigenvalue weighted by Gasteiger charge is 2.28. The maximum absolute atomic E-state index is 3.65. The van der Waals surface area contributed by atoms with E-state index in [1.54, 1.807) is 0 Å². The molecule has 2 fully saturated rings. The summed E-state index contributed by atoms with van der Waals surface area (Å²) in [5, 5.41) is 7.15. The van der Waals surface area contributed by atoms with Gasteiger partial charge in [-0.3, -0.25) is 0 Å². The largest absolute Gasteiger partial charge is 0.316 e. The van der Waals surface area contributed by atoms with E-state index >= 15 is 0 Å². The summed E-state index contributed by atoms with van der Waals surface area (Å²) in [6.45, 7) is 6.14. The summed E-state index contributed by atoms with van der Waals surface area (Å²) in [6.07, 6.45) is 8.38. The predicted molar refractivity (Wildman–Crippen MR) is 60.5 cm³/mol. The molecular formula is C12H24N2. The zero-order valence-electron chi connectivity index (χ0n) is 9.44. The molecule has 0 saturated carbocycles. The topological polar surface area (TPSA) is 24.1 Å². The Kier molecular flexibility index (Phi) is 3.45. The summed E-state index contributed by atoms with van der Waals surface area (Å²) in [7, 11) is 0. The van der Waals surface area contributed by atoms with Crippen molar-refractivity contribution in [2.24, 2.45) is 5.92 Å². The van der Waals surface area contributed by atoms with Gasteiger partial charge in [0.1, 0.15) is 0 Å². The van der Waals surface area contributed by atoms with Crippen LogP contribution in [-0.2, 0) is 0 Å². The van der Waals surface area contributed by atoms with Gasteiger partial charge in [0, 0.05) is 5.54 Å². The molecule has 0 aromatic heterocycles. The Balaban J connectivity index is 1.70. The highest BCUT2D eigenvalue weighted by atomic mass is 15.0. The molecule has 2 saturated heterocycles. The average Bonchev–Trinajstić information content (AvgIpc) is 2.65. The number of piperidine rings is 1. The molecule has 2 unspecified atom stereocenters. The van der Waals surface area contributed by atoms with Crippen molar-refractivity contribution in [2.45, 2.75) is 51.0 Å². The van der Waals surface area contributed by atoms with Crippen LogP contribution in [0.4, 0.5) is 0 Å². The van der Waals surface area contributed by atoms with Crippen LogP contribution in [0.3, 0.4) is 0 Å². The molecule has 82 valence electrons. The van der Waals surface area contributed by atoms with Gasteiger partial charge >= 0.3 is 0 Å². The molecule has 14 heavy (non-hydrogen) atoms. The fraction of sp³-hybridized carbons (Fsp3) is 1.00. The molecule has 2 aliphatic heterocycles. The highest BCUT2D eigenvalue weighted by molar-refractivity contribution is 4.89. The first-order chi connectivity index (χ1) is 6.79. The van der Waals surface area contributed by atoms with Crippen LogP contribution in [0.5, 0.6) is 0 Å². The molecule has 0 aromatic carbocycles. The normalized spacial score (nSPS) is 38.8. The molecule has 0 aliphatic carbocycles. The third kappa shape index (κ3) is 2.71. The predicted octanol–water partition coefficient (Wildman–Crippen LogP) is 1.91. The minimum atomic E-state index is 0.470. The molecule has 0 bridgehead atoms. The maximum Gasteiger partial charge on any atom is 0.0153 e. The second-order valence-corrected chi connectivity index (χ2v) is 5.34. The van der Waals surface area contributed by atoms with E-state index in [1.807, 2.05) is 0 Å². The van der Waals surface area contributed by atoms with Crippen LogP contribution in [0.1, 0.15) is 45.4 Å². The van der Waals surface area contributed by atoms with Gasteiger partial charge in [0.2, 0.25) is 0 Å². The number of hydrogen-bond donors (Lipinski definition) is 2. The molecule has 0 radical (unpaired) electrons. The standard InChI is InChI=1S/C12H24N2/c1-12(6-3-9-14-12)7-5-11-4-2-8-13-10-11/h11,13-14H,2-10H2,1H3. The minimum absolute atomic E-state index is 0.470. The Hall–Kier alpha value is -0.0800. The molecule has 0 amide bonds. The van der Waals surface area contributed by atoms with Crippen LogP contribution >= 0.6 is 0 Å². The van der Waals surface area contributed by atoms with E-state index in [4.69, 9.17) is 0 Å². The van der Waals surface area contributed by atoms with Gasteiger partial charge in [-0.2, -0.15) is 0 Å². The summed E-state index contributed by atoms with van der Waals surface area (Å²) in [4.78, 5) is 0. The lowest BCUT2D eigenvalue weighted by Crippen LogP contribution is -2.38. The smallest absolute Gasteiger partial charge is 0.0153 e. The van der Waals surface area contributed by atoms with Crippen LogP contribution in [-0.4, -0.2) is 25.2 Å². The van der Waals surface area contributed by atoms with Gasteiger partial charge in [0.15, 0.2) is 0 Å². The summed E-state index contributed by atoms with van der Waals surface area (Å²) >= 11 is 0. The van der Waals surface area contributed by atoms with Crippen LogP contribution < -0.4 is 10.6 Å². The molecule has 2 heteroatoms. The first-order valence-electron chi connectivity index (χ1n) is 6.24. The second-order valence-electron chi connectivity index (χ2n) is 5.34. The molecule has 0 aromatic rings. The molecular weight excluding hydrogens is 172 g/mol. The van der Waals surface area contributed by atoms with Crippen LogP contribution in [0.25, 0.3) is 0 Å². The number of hydrogen-bond acceptors (Lipinski definition) is 2. The van der Waals surface area contributed by atoms with E-state index < -0.39 is 0 Å². The van der Waals surface area contributed by atoms with Crippen molar-refractivity contribution in [3.05, 3.63) is 0 Å². The van der Waals surface area contributed by atoms with E-state index in [1.165, 1.54) is 58.2 Å². The van der Waals surface area contributed by atoms with Gasteiger partial charge in [0.05, 0.1) is 0 Å². The Morgan fingerprint density at radius 1 is 1.29 bits per heavy atom. The SMILES string of the molecule is CC1(CCC2CCCNC2)CCCN1. The van der Waals surface area contributed by atoms with E-state index in [0.717, 1.165) is 5.92 Å². The Morgan fingerprint density at radius 3 is 2.86 bits per heavy atom. The molecule has 0 spiro atoms. The maximum atomic E-state index is 3.65. The first kappa shape index (κ1) is 10.4. The van der Waals surface area contributed by atoms with E-state index in [0.29, 0.717) is 5.54 Å². The van der Waals surface area contributed by atoms with E-state index in [9.17, 15) is 0 Å². The van der Waals surface area contributed by atoms with Gasteiger partial charge in [-0.25, -0.2) is 0 Å². The van der Waals surface area contributed by atoms with Gasteiger partial charge in [-0.15, -0.1) is 0 Å². The zero-order chi connectivity index (χ0) is 9.86. The second kappa shape index (κ2) is 4.63. The molecule has 2 heterocycles. The Labute approximate surface area is 87.8 Å². The molecule has 2 rings (SSSR count). The summed E-state index contributed by atoms with van der Waals surface area (Å²) in [5.41, 5.74) is 0.470. The van der Waals surface area contributed by atoms with Gasteiger partial charge < -0.3 is 10.6 Å². The Bertz CT molecular complexity index is 167. The fourth-order valence-electron chi connectivity index (χ4n) is 2.86. The molecule has 2 atom stereocenters. The Morgan fingerprint density at radius 2 is 2.21 bits per heavy atom. The number of rotatable bonds is 3. The quantitative estimate of drug-likeness (QED) is 0.720. The van der Waals surface area contributed by atoms with Crippen LogP contribution in [0, 0.1) is 5.92 Å². The summed E-state index contributed by atoms with van der Waals surface area (Å²) < 4.78 is 0. The fourth-order valence-corrected chi connectivity index (χ4v) is 2.86. The van der Waals surface area contributed by atoms with Gasteiger partial charge in [-0.1, -0.05) is 0 Å². The third-order valence-corrected chi connectivity index (χ3v) is 3.96. The zero-order valence-corrected chi connectivity index (χ0v) is 9.44. The van der Waals surface area contributed by atoms with Crippen LogP contribution in [0.15, 0.2) is 0 Å². The average molecular weight is 196 g/mol. The van der Waals surface area contributed by atoms with Crippen molar-refractivity contribution >= 4 is 0 Å². The van der Waals surface area contributed by atoms with Crippen molar-refractivity contribution in [3.63, 3.8) is 0 Å². The molecule has 2 N–H and O–H groups in total. The van der Waals surface area contributed by atoms with Crippen molar-refractivity contribution in [1.82, 2.24) is 10.6 Å². The molecule has 2 nitrogen and oxygen atoms in total. The van der Waals surface area contributed by atoms with Gasteiger partial charge in [0.25, 0.3) is 0 Å². The summed E-state index contributed by atoms with van der Waals surface area (Å²) in [5.74, 6) is 0.947. The van der Waals surface area contributed by atoms with Crippen LogP contribution in [0.2, 0.25) is 0 Å². The number of nitrogens with one attached hydrogen (secondary N) is 2. The van der Waals surface area contributed by atoms with Crippen molar-refractivity contribution in [2.75, 3.05) is 19.6 Å². The van der Waals surface area contributed by atoms with Crippen molar-refractivity contribution < 1.29 is 0 Å². The first-order valence-corrected chi connectivity index (χ1v) is 6.24. The lowest BCUT2D eigenvalue weighted by Gasteiger charge is -2.29. The lowest BCUT2D eigenvalue weighted by atomic mass is 9.86. The minimum Gasteiger partial charge on any atom is -0.316 e. The van der Waals surface area contributed by atoms with Gasteiger partial charge in [-0.05, 0) is 71.0 Å². The lowest BCUT2D eigenvalue weighted by molar-refractivity contribution is 0.293. The highest BCUT2D eigenvalue weighted by Crippen LogP contribution is 2.27. The van der Waals surface area contributed by atoms with Crippen molar-refractivity contribution in [3.8, 4) is 0 Å². The van der Waals surface area contributed by atoms with E-state index in [-0.39, 0.29) is 0 Å². The van der Waals surface area contributed by atoms with Crippen molar-refractivity contribution in [1.29, 1.82) is 0 Å². The third-order valence-electron chi connectivity index (χ3n) is 3.96. The monoisotopic (exact) mass is 196 g/mol.